The highest BCUT2D eigenvalue weighted by Crippen LogP contribution is 2.29. The van der Waals surface area contributed by atoms with Gasteiger partial charge in [0.25, 0.3) is 0 Å². The predicted molar refractivity (Wildman–Crippen MR) is 107 cm³/mol. The summed E-state index contributed by atoms with van der Waals surface area (Å²) in [7, 11) is 0. The highest BCUT2D eigenvalue weighted by atomic mass is 19.4. The highest BCUT2D eigenvalue weighted by Gasteiger charge is 2.27. The van der Waals surface area contributed by atoms with Crippen LogP contribution in [-0.4, -0.2) is 43.7 Å². The summed E-state index contributed by atoms with van der Waals surface area (Å²) in [6.07, 6.45) is 0.0882. The molecule has 4 aromatic heterocycles. The third kappa shape index (κ3) is 5.27. The Hall–Kier alpha value is -3.70. The Labute approximate surface area is 172 Å². The topological polar surface area (TPSA) is 96.9 Å². The lowest BCUT2D eigenvalue weighted by Crippen LogP contribution is -2.22. The molecule has 164 valence electrons. The maximum atomic E-state index is 12.7. The van der Waals surface area contributed by atoms with Gasteiger partial charge in [0.15, 0.2) is 0 Å². The van der Waals surface area contributed by atoms with Crippen molar-refractivity contribution in [1.29, 1.82) is 0 Å². The van der Waals surface area contributed by atoms with Crippen LogP contribution in [0.25, 0.3) is 27.7 Å². The number of rotatable bonds is 5. The van der Waals surface area contributed by atoms with Crippen molar-refractivity contribution < 1.29 is 22.0 Å². The number of aromatic nitrogens is 5. The smallest absolute Gasteiger partial charge is 0.405 e. The zero-order chi connectivity index (χ0) is 22.6. The van der Waals surface area contributed by atoms with E-state index in [4.69, 9.17) is 0 Å². The normalized spacial score (nSPS) is 11.5. The summed E-state index contributed by atoms with van der Waals surface area (Å²) in [6, 6.07) is 3.48. The molecule has 4 heterocycles. The SMILES string of the molecule is C=CN.FC(F)Cc1cnn2ccc(-c3c[nH]c4nc(NCC(F)(F)F)ncc34)cc12. The van der Waals surface area contributed by atoms with E-state index in [-0.39, 0.29) is 5.95 Å². The van der Waals surface area contributed by atoms with Gasteiger partial charge >= 0.3 is 6.18 Å². The monoisotopic (exact) mass is 439 g/mol. The van der Waals surface area contributed by atoms with E-state index in [2.05, 4.69) is 37.7 Å². The van der Waals surface area contributed by atoms with Gasteiger partial charge in [-0.2, -0.15) is 23.3 Å². The van der Waals surface area contributed by atoms with E-state index in [0.29, 0.717) is 27.7 Å². The average molecular weight is 439 g/mol. The number of pyridine rings is 1. The number of nitrogens with zero attached hydrogens (tertiary/aromatic N) is 4. The molecule has 31 heavy (non-hydrogen) atoms. The molecule has 0 bridgehead atoms. The largest absolute Gasteiger partial charge is 0.405 e. The Morgan fingerprint density at radius 3 is 2.71 bits per heavy atom. The Bertz CT molecular complexity index is 1180. The van der Waals surface area contributed by atoms with Gasteiger partial charge in [0.05, 0.1) is 11.7 Å². The second kappa shape index (κ2) is 8.98. The molecule has 4 aromatic rings. The van der Waals surface area contributed by atoms with Crippen LogP contribution in [0.4, 0.5) is 27.9 Å². The molecule has 0 aromatic carbocycles. The first-order valence-corrected chi connectivity index (χ1v) is 8.94. The average Bonchev–Trinajstić information content (AvgIpc) is 3.29. The molecule has 12 heteroatoms. The van der Waals surface area contributed by atoms with Gasteiger partial charge < -0.3 is 16.0 Å². The number of fused-ring (bicyclic) bond motifs is 2. The molecular formula is C19H18F5N7. The third-order valence-electron chi connectivity index (χ3n) is 4.17. The lowest BCUT2D eigenvalue weighted by atomic mass is 10.1. The Morgan fingerprint density at radius 2 is 2.03 bits per heavy atom. The van der Waals surface area contributed by atoms with Crippen molar-refractivity contribution >= 4 is 22.5 Å². The zero-order valence-electron chi connectivity index (χ0n) is 16.0. The van der Waals surface area contributed by atoms with Crippen LogP contribution in [-0.2, 0) is 6.42 Å². The van der Waals surface area contributed by atoms with Crippen LogP contribution in [0.15, 0.2) is 49.7 Å². The number of hydrogen-bond donors (Lipinski definition) is 3. The molecule has 0 amide bonds. The molecule has 0 aliphatic rings. The van der Waals surface area contributed by atoms with Crippen LogP contribution in [0, 0.1) is 0 Å². The first-order chi connectivity index (χ1) is 14.7. The number of halogens is 5. The highest BCUT2D eigenvalue weighted by molar-refractivity contribution is 5.94. The van der Waals surface area contributed by atoms with Gasteiger partial charge in [0.2, 0.25) is 12.4 Å². The summed E-state index contributed by atoms with van der Waals surface area (Å²) in [5.74, 6) is -0.149. The molecule has 0 fully saturated rings. The second-order valence-electron chi connectivity index (χ2n) is 6.37. The van der Waals surface area contributed by atoms with Gasteiger partial charge in [-0.15, -0.1) is 0 Å². The van der Waals surface area contributed by atoms with Crippen LogP contribution in [0.1, 0.15) is 5.56 Å². The van der Waals surface area contributed by atoms with Crippen molar-refractivity contribution in [1.82, 2.24) is 24.6 Å². The summed E-state index contributed by atoms with van der Waals surface area (Å²) < 4.78 is 63.9. The fourth-order valence-electron chi connectivity index (χ4n) is 2.93. The van der Waals surface area contributed by atoms with Gasteiger partial charge in [0, 0.05) is 41.5 Å². The van der Waals surface area contributed by atoms with E-state index in [1.54, 1.807) is 24.5 Å². The van der Waals surface area contributed by atoms with Crippen LogP contribution < -0.4 is 11.1 Å². The number of aromatic amines is 1. The summed E-state index contributed by atoms with van der Waals surface area (Å²) in [5, 5.41) is 6.78. The molecule has 7 nitrogen and oxygen atoms in total. The summed E-state index contributed by atoms with van der Waals surface area (Å²) in [5.41, 5.74) is 7.36. The third-order valence-corrected chi connectivity index (χ3v) is 4.17. The molecule has 0 unspecified atom stereocenters. The van der Waals surface area contributed by atoms with Crippen LogP contribution >= 0.6 is 0 Å². The minimum absolute atomic E-state index is 0.149. The molecule has 0 aliphatic heterocycles. The second-order valence-corrected chi connectivity index (χ2v) is 6.37. The molecule has 0 aliphatic carbocycles. The summed E-state index contributed by atoms with van der Waals surface area (Å²) in [4.78, 5) is 10.9. The number of alkyl halides is 5. The Balaban J connectivity index is 0.000000858. The first-order valence-electron chi connectivity index (χ1n) is 8.94. The Kier molecular flexibility index (Phi) is 6.37. The minimum Gasteiger partial charge on any atom is -0.405 e. The van der Waals surface area contributed by atoms with Crippen molar-refractivity contribution in [2.45, 2.75) is 19.0 Å². The van der Waals surface area contributed by atoms with Crippen molar-refractivity contribution in [3.8, 4) is 11.1 Å². The van der Waals surface area contributed by atoms with Gasteiger partial charge in [-0.3, -0.25) is 0 Å². The maximum absolute atomic E-state index is 12.7. The van der Waals surface area contributed by atoms with Gasteiger partial charge in [0.1, 0.15) is 12.2 Å². The Morgan fingerprint density at radius 1 is 1.29 bits per heavy atom. The lowest BCUT2D eigenvalue weighted by molar-refractivity contribution is -0.115. The number of nitrogens with two attached hydrogens (primary N) is 1. The quantitative estimate of drug-likeness (QED) is 0.406. The predicted octanol–water partition coefficient (Wildman–Crippen LogP) is 4.14. The van der Waals surface area contributed by atoms with Crippen molar-refractivity contribution in [2.75, 3.05) is 11.9 Å². The van der Waals surface area contributed by atoms with E-state index < -0.39 is 25.6 Å². The number of nitrogens with one attached hydrogen (secondary N) is 2. The number of anilines is 1. The van der Waals surface area contributed by atoms with E-state index in [9.17, 15) is 22.0 Å². The van der Waals surface area contributed by atoms with Crippen molar-refractivity contribution in [3.05, 3.63) is 55.3 Å². The fourth-order valence-corrected chi connectivity index (χ4v) is 2.93. The summed E-state index contributed by atoms with van der Waals surface area (Å²) in [6.45, 7) is 1.90. The molecule has 0 saturated heterocycles. The van der Waals surface area contributed by atoms with Gasteiger partial charge in [-0.1, -0.05) is 6.58 Å². The van der Waals surface area contributed by atoms with Gasteiger partial charge in [-0.25, -0.2) is 18.3 Å². The maximum Gasteiger partial charge on any atom is 0.405 e. The zero-order valence-corrected chi connectivity index (χ0v) is 16.0. The van der Waals surface area contributed by atoms with Gasteiger partial charge in [-0.05, 0) is 23.9 Å². The molecule has 0 saturated carbocycles. The first kappa shape index (κ1) is 22.0. The minimum atomic E-state index is -4.38. The van der Waals surface area contributed by atoms with E-state index in [1.165, 1.54) is 23.1 Å². The summed E-state index contributed by atoms with van der Waals surface area (Å²) >= 11 is 0. The van der Waals surface area contributed by atoms with E-state index >= 15 is 0 Å². The molecular weight excluding hydrogens is 421 g/mol. The molecule has 4 rings (SSSR count). The van der Waals surface area contributed by atoms with Crippen LogP contribution in [0.2, 0.25) is 0 Å². The molecule has 4 N–H and O–H groups in total. The van der Waals surface area contributed by atoms with E-state index in [1.807, 2.05) is 0 Å². The standard InChI is InChI=1S/C17H13F5N6.C2H5N/c18-14(19)4-10-5-26-28-2-1-9(3-13(10)28)11-6-23-15-12(11)7-24-16(27-15)25-8-17(20,21)22;1-2-3/h1-3,5-7,14H,4,8H2,(H2,23,24,25,27);2H,1,3H2. The number of H-pyrrole nitrogens is 1. The fraction of sp³-hybridized carbons (Fsp3) is 0.211. The van der Waals surface area contributed by atoms with Crippen LogP contribution in [0.5, 0.6) is 0 Å². The number of hydrogen-bond acceptors (Lipinski definition) is 5. The van der Waals surface area contributed by atoms with Crippen LogP contribution in [0.3, 0.4) is 0 Å². The molecule has 0 spiro atoms. The lowest BCUT2D eigenvalue weighted by Gasteiger charge is -2.07. The molecule has 0 radical (unpaired) electrons. The molecule has 0 atom stereocenters. The van der Waals surface area contributed by atoms with Crippen molar-refractivity contribution in [2.24, 2.45) is 5.73 Å². The van der Waals surface area contributed by atoms with E-state index in [0.717, 1.165) is 5.56 Å². The van der Waals surface area contributed by atoms with Crippen molar-refractivity contribution in [3.63, 3.8) is 0 Å².